The van der Waals surface area contributed by atoms with Gasteiger partial charge in [0.25, 0.3) is 5.91 Å². The number of hydrogen-bond acceptors (Lipinski definition) is 2. The molecule has 0 radical (unpaired) electrons. The highest BCUT2D eigenvalue weighted by atomic mass is 35.5. The number of aliphatic hydroxyl groups is 1. The van der Waals surface area contributed by atoms with Crippen LogP contribution >= 0.6 is 23.2 Å². The summed E-state index contributed by atoms with van der Waals surface area (Å²) in [4.78, 5) is 12.1. The third kappa shape index (κ3) is 1.82. The van der Waals surface area contributed by atoms with E-state index in [1.54, 1.807) is 42.5 Å². The maximum absolute atomic E-state index is 12.1. The van der Waals surface area contributed by atoms with Gasteiger partial charge in [-0.2, -0.15) is 0 Å². The zero-order valence-corrected chi connectivity index (χ0v) is 11.2. The monoisotopic (exact) mass is 293 g/mol. The van der Waals surface area contributed by atoms with Crippen molar-refractivity contribution in [3.05, 3.63) is 63.6 Å². The number of carbonyl (C=O) groups excluding carboxylic acids is 1. The first kappa shape index (κ1) is 12.5. The number of carbonyl (C=O) groups is 1. The first-order valence-electron chi connectivity index (χ1n) is 5.62. The lowest BCUT2D eigenvalue weighted by molar-refractivity contribution is -0.129. The molecule has 96 valence electrons. The molecule has 19 heavy (non-hydrogen) atoms. The molecule has 2 aromatic rings. The van der Waals surface area contributed by atoms with Gasteiger partial charge in [-0.05, 0) is 29.8 Å². The number of amides is 1. The van der Waals surface area contributed by atoms with Crippen LogP contribution < -0.4 is 5.32 Å². The number of fused-ring (bicyclic) bond motifs is 1. The van der Waals surface area contributed by atoms with E-state index >= 15 is 0 Å². The highest BCUT2D eigenvalue weighted by molar-refractivity contribution is 6.31. The van der Waals surface area contributed by atoms with E-state index in [4.69, 9.17) is 23.2 Å². The fourth-order valence-corrected chi connectivity index (χ4v) is 2.55. The van der Waals surface area contributed by atoms with Crippen LogP contribution in [-0.4, -0.2) is 11.0 Å². The van der Waals surface area contributed by atoms with Crippen LogP contribution in [0, 0.1) is 0 Å². The Balaban J connectivity index is 2.19. The van der Waals surface area contributed by atoms with Crippen LogP contribution in [-0.2, 0) is 10.4 Å². The number of anilines is 1. The molecule has 0 fully saturated rings. The third-order valence-electron chi connectivity index (χ3n) is 3.21. The molecular formula is C14H9Cl2NO2. The number of halogens is 2. The summed E-state index contributed by atoms with van der Waals surface area (Å²) < 4.78 is 0. The summed E-state index contributed by atoms with van der Waals surface area (Å²) in [6.07, 6.45) is 0. The normalized spacial score (nSPS) is 21.1. The number of nitrogens with one attached hydrogen (secondary N) is 1. The largest absolute Gasteiger partial charge is 0.372 e. The molecule has 2 N–H and O–H groups in total. The molecule has 1 amide bonds. The molecule has 1 atom stereocenters. The van der Waals surface area contributed by atoms with Gasteiger partial charge >= 0.3 is 0 Å². The summed E-state index contributed by atoms with van der Waals surface area (Å²) in [5.74, 6) is -0.493. The van der Waals surface area contributed by atoms with Crippen molar-refractivity contribution in [3.63, 3.8) is 0 Å². The lowest BCUT2D eigenvalue weighted by Crippen LogP contribution is -2.35. The van der Waals surface area contributed by atoms with Crippen molar-refractivity contribution in [2.45, 2.75) is 5.60 Å². The van der Waals surface area contributed by atoms with E-state index in [9.17, 15) is 9.90 Å². The van der Waals surface area contributed by atoms with E-state index in [0.29, 0.717) is 26.9 Å². The van der Waals surface area contributed by atoms with Crippen molar-refractivity contribution < 1.29 is 9.90 Å². The Morgan fingerprint density at radius 1 is 1.00 bits per heavy atom. The smallest absolute Gasteiger partial charge is 0.265 e. The minimum Gasteiger partial charge on any atom is -0.372 e. The van der Waals surface area contributed by atoms with Crippen molar-refractivity contribution >= 4 is 34.8 Å². The molecule has 0 aromatic heterocycles. The van der Waals surface area contributed by atoms with Crippen molar-refractivity contribution in [2.24, 2.45) is 0 Å². The maximum atomic E-state index is 12.1. The van der Waals surface area contributed by atoms with Crippen LogP contribution in [0.15, 0.2) is 42.5 Å². The summed E-state index contributed by atoms with van der Waals surface area (Å²) in [7, 11) is 0. The van der Waals surface area contributed by atoms with E-state index in [0.717, 1.165) is 0 Å². The van der Waals surface area contributed by atoms with Gasteiger partial charge in [0.05, 0.1) is 0 Å². The van der Waals surface area contributed by atoms with Crippen LogP contribution in [0.25, 0.3) is 0 Å². The minimum atomic E-state index is -1.70. The van der Waals surface area contributed by atoms with Crippen LogP contribution in [0.3, 0.4) is 0 Å². The Hall–Kier alpha value is -1.55. The van der Waals surface area contributed by atoms with Crippen LogP contribution in [0.5, 0.6) is 0 Å². The highest BCUT2D eigenvalue weighted by Gasteiger charge is 2.46. The van der Waals surface area contributed by atoms with Gasteiger partial charge in [0.1, 0.15) is 0 Å². The minimum absolute atomic E-state index is 0.468. The summed E-state index contributed by atoms with van der Waals surface area (Å²) in [6, 6.07) is 11.4. The maximum Gasteiger partial charge on any atom is 0.265 e. The Morgan fingerprint density at radius 3 is 2.32 bits per heavy atom. The number of rotatable bonds is 1. The van der Waals surface area contributed by atoms with Gasteiger partial charge in [0.2, 0.25) is 0 Å². The first-order chi connectivity index (χ1) is 9.01. The molecule has 5 heteroatoms. The molecule has 0 bridgehead atoms. The van der Waals surface area contributed by atoms with Crippen molar-refractivity contribution in [1.82, 2.24) is 0 Å². The molecule has 3 rings (SSSR count). The topological polar surface area (TPSA) is 49.3 Å². The fourth-order valence-electron chi connectivity index (χ4n) is 2.25. The quantitative estimate of drug-likeness (QED) is 0.848. The molecule has 0 saturated heterocycles. The van der Waals surface area contributed by atoms with Gasteiger partial charge in [-0.15, -0.1) is 0 Å². The van der Waals surface area contributed by atoms with Crippen LogP contribution in [0.1, 0.15) is 11.1 Å². The second kappa shape index (κ2) is 4.23. The molecule has 0 saturated carbocycles. The Kier molecular flexibility index (Phi) is 2.78. The molecule has 1 aliphatic rings. The van der Waals surface area contributed by atoms with Gasteiger partial charge < -0.3 is 10.4 Å². The lowest BCUT2D eigenvalue weighted by atomic mass is 9.88. The van der Waals surface area contributed by atoms with Crippen molar-refractivity contribution in [3.8, 4) is 0 Å². The van der Waals surface area contributed by atoms with Gasteiger partial charge in [0.15, 0.2) is 5.60 Å². The zero-order chi connectivity index (χ0) is 13.6. The van der Waals surface area contributed by atoms with E-state index in [-0.39, 0.29) is 0 Å². The SMILES string of the molecule is O=C1Nc2cc(Cl)ccc2C1(O)c1ccc(Cl)cc1. The molecule has 1 unspecified atom stereocenters. The van der Waals surface area contributed by atoms with Crippen molar-refractivity contribution in [1.29, 1.82) is 0 Å². The molecule has 3 nitrogen and oxygen atoms in total. The summed E-state index contributed by atoms with van der Waals surface area (Å²) in [6.45, 7) is 0. The second-order valence-corrected chi connectivity index (χ2v) is 5.23. The van der Waals surface area contributed by atoms with Crippen molar-refractivity contribution in [2.75, 3.05) is 5.32 Å². The fraction of sp³-hybridized carbons (Fsp3) is 0.0714. The zero-order valence-electron chi connectivity index (χ0n) is 9.65. The Bertz CT molecular complexity index is 670. The van der Waals surface area contributed by atoms with Gasteiger partial charge in [-0.3, -0.25) is 4.79 Å². The lowest BCUT2D eigenvalue weighted by Gasteiger charge is -2.21. The predicted octanol–water partition coefficient (Wildman–Crippen LogP) is 3.18. The third-order valence-corrected chi connectivity index (χ3v) is 3.70. The average Bonchev–Trinajstić information content (AvgIpc) is 2.62. The molecule has 0 aliphatic carbocycles. The van der Waals surface area contributed by atoms with Crippen LogP contribution in [0.2, 0.25) is 10.0 Å². The first-order valence-corrected chi connectivity index (χ1v) is 6.37. The molecule has 0 spiro atoms. The summed E-state index contributed by atoms with van der Waals surface area (Å²) in [5, 5.41) is 14.4. The number of hydrogen-bond donors (Lipinski definition) is 2. The van der Waals surface area contributed by atoms with Gasteiger partial charge in [-0.1, -0.05) is 41.4 Å². The van der Waals surface area contributed by atoms with E-state index in [1.165, 1.54) is 0 Å². The van der Waals surface area contributed by atoms with Gasteiger partial charge in [0, 0.05) is 21.3 Å². The van der Waals surface area contributed by atoms with Crippen LogP contribution in [0.4, 0.5) is 5.69 Å². The highest BCUT2D eigenvalue weighted by Crippen LogP contribution is 2.41. The molecule has 2 aromatic carbocycles. The Labute approximate surface area is 119 Å². The summed E-state index contributed by atoms with van der Waals surface area (Å²) >= 11 is 11.7. The molecule has 1 aliphatic heterocycles. The Morgan fingerprint density at radius 2 is 1.63 bits per heavy atom. The second-order valence-electron chi connectivity index (χ2n) is 4.36. The average molecular weight is 294 g/mol. The molecular weight excluding hydrogens is 285 g/mol. The molecule has 1 heterocycles. The summed E-state index contributed by atoms with van der Waals surface area (Å²) in [5.41, 5.74) is -0.223. The predicted molar refractivity (Wildman–Crippen MR) is 74.5 cm³/mol. The van der Waals surface area contributed by atoms with Gasteiger partial charge in [-0.25, -0.2) is 0 Å². The van der Waals surface area contributed by atoms with E-state index < -0.39 is 11.5 Å². The van der Waals surface area contributed by atoms with E-state index in [1.807, 2.05) is 0 Å². The van der Waals surface area contributed by atoms with E-state index in [2.05, 4.69) is 5.32 Å². The number of benzene rings is 2. The standard InChI is InChI=1S/C14H9Cl2NO2/c15-9-3-1-8(2-4-9)14(19)11-6-5-10(16)7-12(11)17-13(14)18/h1-7,19H,(H,17,18).